The van der Waals surface area contributed by atoms with E-state index in [9.17, 15) is 4.79 Å². The minimum atomic E-state index is -0.966. The fourth-order valence-electron chi connectivity index (χ4n) is 2.67. The molecule has 0 aliphatic rings. The maximum Gasteiger partial charge on any atom is 0.328 e. The van der Waals surface area contributed by atoms with Gasteiger partial charge in [-0.15, -0.1) is 11.3 Å². The van der Waals surface area contributed by atoms with Crippen molar-refractivity contribution in [3.63, 3.8) is 0 Å². The molecule has 24 heavy (non-hydrogen) atoms. The van der Waals surface area contributed by atoms with Crippen molar-refractivity contribution in [2.45, 2.75) is 33.1 Å². The number of carbonyl (C=O) groups is 1. The van der Waals surface area contributed by atoms with Crippen LogP contribution >= 0.6 is 11.3 Å². The molecule has 0 amide bonds. The van der Waals surface area contributed by atoms with Crippen LogP contribution in [0.25, 0.3) is 22.3 Å². The maximum atomic E-state index is 10.9. The van der Waals surface area contributed by atoms with Crippen molar-refractivity contribution < 1.29 is 9.90 Å². The van der Waals surface area contributed by atoms with Crippen LogP contribution < -0.4 is 0 Å². The Morgan fingerprint density at radius 2 is 1.92 bits per heavy atom. The lowest BCUT2D eigenvalue weighted by Gasteiger charge is -2.19. The molecule has 4 nitrogen and oxygen atoms in total. The zero-order valence-electron chi connectivity index (χ0n) is 14.2. The number of hydrogen-bond acceptors (Lipinski definition) is 3. The first-order valence-electron chi connectivity index (χ1n) is 7.76. The number of aryl methyl sites for hydroxylation is 1. The Morgan fingerprint density at radius 3 is 2.50 bits per heavy atom. The molecule has 1 N–H and O–H groups in total. The zero-order chi connectivity index (χ0) is 17.5. The normalized spacial score (nSPS) is 12.3. The second-order valence-electron chi connectivity index (χ2n) is 6.84. The van der Waals surface area contributed by atoms with Gasteiger partial charge in [0.1, 0.15) is 0 Å². The van der Waals surface area contributed by atoms with Crippen molar-refractivity contribution in [2.75, 3.05) is 0 Å². The third kappa shape index (κ3) is 2.99. The summed E-state index contributed by atoms with van der Waals surface area (Å²) in [4.78, 5) is 16.5. The Hall–Kier alpha value is -2.40. The van der Waals surface area contributed by atoms with Crippen molar-refractivity contribution in [3.8, 4) is 11.3 Å². The molecule has 0 saturated carbocycles. The number of aromatic nitrogens is 2. The zero-order valence-corrected chi connectivity index (χ0v) is 15.0. The van der Waals surface area contributed by atoms with Crippen LogP contribution in [0.3, 0.4) is 0 Å². The van der Waals surface area contributed by atoms with Gasteiger partial charge >= 0.3 is 5.97 Å². The van der Waals surface area contributed by atoms with Gasteiger partial charge in [0, 0.05) is 22.7 Å². The summed E-state index contributed by atoms with van der Waals surface area (Å²) in [7, 11) is 0. The standard InChI is InChI=1S/C19H20N2O2S/c1-12-11-24-18-20-17(15(21(12)18)9-10-16(22)23)13-5-7-14(8-6-13)19(2,3)4/h5-11H,1-4H3,(H,22,23)/b10-9+. The minimum absolute atomic E-state index is 0.0930. The van der Waals surface area contributed by atoms with Gasteiger partial charge in [0.2, 0.25) is 0 Å². The van der Waals surface area contributed by atoms with E-state index in [-0.39, 0.29) is 5.41 Å². The summed E-state index contributed by atoms with van der Waals surface area (Å²) in [6, 6.07) is 8.33. The van der Waals surface area contributed by atoms with E-state index in [0.29, 0.717) is 0 Å². The van der Waals surface area contributed by atoms with Crippen LogP contribution in [-0.2, 0) is 10.2 Å². The van der Waals surface area contributed by atoms with Crippen LogP contribution in [0.2, 0.25) is 0 Å². The highest BCUT2D eigenvalue weighted by Crippen LogP contribution is 2.31. The van der Waals surface area contributed by atoms with E-state index in [1.807, 2.05) is 16.7 Å². The summed E-state index contributed by atoms with van der Waals surface area (Å²) >= 11 is 1.56. The molecule has 3 aromatic rings. The SMILES string of the molecule is Cc1csc2nc(-c3ccc(C(C)(C)C)cc3)c(/C=C/C(=O)O)n12. The third-order valence-electron chi connectivity index (χ3n) is 3.98. The predicted octanol–water partition coefficient (Wildman–Crippen LogP) is 4.77. The van der Waals surface area contributed by atoms with Gasteiger partial charge in [0.05, 0.1) is 11.4 Å². The number of carboxylic acids is 1. The molecule has 5 heteroatoms. The molecule has 3 rings (SSSR count). The Bertz CT molecular complexity index is 925. The van der Waals surface area contributed by atoms with Crippen molar-refractivity contribution in [3.05, 3.63) is 52.7 Å². The van der Waals surface area contributed by atoms with Crippen LogP contribution in [0.5, 0.6) is 0 Å². The number of nitrogens with zero attached hydrogens (tertiary/aromatic N) is 2. The molecule has 2 aromatic heterocycles. The van der Waals surface area contributed by atoms with Crippen LogP contribution in [0.1, 0.15) is 37.7 Å². The lowest BCUT2D eigenvalue weighted by molar-refractivity contribution is -0.131. The van der Waals surface area contributed by atoms with E-state index in [1.165, 1.54) is 5.56 Å². The second-order valence-corrected chi connectivity index (χ2v) is 7.68. The molecule has 0 fully saturated rings. The second kappa shape index (κ2) is 5.91. The summed E-state index contributed by atoms with van der Waals surface area (Å²) in [6.45, 7) is 8.53. The summed E-state index contributed by atoms with van der Waals surface area (Å²) in [6.07, 6.45) is 2.78. The predicted molar refractivity (Wildman–Crippen MR) is 98.6 cm³/mol. The van der Waals surface area contributed by atoms with Crippen molar-refractivity contribution in [1.29, 1.82) is 0 Å². The molecule has 0 aliphatic carbocycles. The molecule has 1 aromatic carbocycles. The van der Waals surface area contributed by atoms with Crippen LogP contribution in [0.4, 0.5) is 0 Å². The number of hydrogen-bond donors (Lipinski definition) is 1. The molecule has 2 heterocycles. The number of carboxylic acid groups (broad SMARTS) is 1. The van der Waals surface area contributed by atoms with E-state index in [2.05, 4.69) is 45.0 Å². The fourth-order valence-corrected chi connectivity index (χ4v) is 3.54. The van der Waals surface area contributed by atoms with Crippen LogP contribution in [-0.4, -0.2) is 20.5 Å². The van der Waals surface area contributed by atoms with E-state index in [1.54, 1.807) is 17.4 Å². The van der Waals surface area contributed by atoms with Gasteiger partial charge in [0.15, 0.2) is 4.96 Å². The van der Waals surface area contributed by atoms with Gasteiger partial charge in [-0.05, 0) is 24.0 Å². The van der Waals surface area contributed by atoms with Crippen molar-refractivity contribution >= 4 is 28.3 Å². The molecular formula is C19H20N2O2S. The Kier molecular flexibility index (Phi) is 4.05. The van der Waals surface area contributed by atoms with Crippen LogP contribution in [0.15, 0.2) is 35.7 Å². The third-order valence-corrected chi connectivity index (χ3v) is 4.92. The number of benzene rings is 1. The number of rotatable bonds is 3. The molecule has 0 atom stereocenters. The smallest absolute Gasteiger partial charge is 0.328 e. The van der Waals surface area contributed by atoms with E-state index >= 15 is 0 Å². The molecule has 124 valence electrons. The number of imidazole rings is 1. The van der Waals surface area contributed by atoms with Gasteiger partial charge in [-0.2, -0.15) is 0 Å². The van der Waals surface area contributed by atoms with E-state index < -0.39 is 5.97 Å². The first-order chi connectivity index (χ1) is 11.3. The Morgan fingerprint density at radius 1 is 1.25 bits per heavy atom. The average molecular weight is 340 g/mol. The molecule has 0 aliphatic heterocycles. The quantitative estimate of drug-likeness (QED) is 0.699. The van der Waals surface area contributed by atoms with Gasteiger partial charge in [-0.25, -0.2) is 9.78 Å². The van der Waals surface area contributed by atoms with E-state index in [0.717, 1.165) is 33.7 Å². The van der Waals surface area contributed by atoms with Crippen molar-refractivity contribution in [1.82, 2.24) is 9.38 Å². The van der Waals surface area contributed by atoms with Crippen LogP contribution in [0, 0.1) is 6.92 Å². The number of fused-ring (bicyclic) bond motifs is 1. The molecule has 0 unspecified atom stereocenters. The largest absolute Gasteiger partial charge is 0.478 e. The summed E-state index contributed by atoms with van der Waals surface area (Å²) in [5, 5.41) is 11.0. The molecule has 0 spiro atoms. The highest BCUT2D eigenvalue weighted by molar-refractivity contribution is 7.15. The van der Waals surface area contributed by atoms with E-state index in [4.69, 9.17) is 10.1 Å². The summed E-state index contributed by atoms with van der Waals surface area (Å²) in [5.74, 6) is -0.966. The topological polar surface area (TPSA) is 54.6 Å². The van der Waals surface area contributed by atoms with Crippen molar-refractivity contribution in [2.24, 2.45) is 0 Å². The molecule has 0 radical (unpaired) electrons. The first kappa shape index (κ1) is 16.5. The highest BCUT2D eigenvalue weighted by Gasteiger charge is 2.17. The average Bonchev–Trinajstić information content (AvgIpc) is 3.05. The first-order valence-corrected chi connectivity index (χ1v) is 8.64. The lowest BCUT2D eigenvalue weighted by atomic mass is 9.86. The lowest BCUT2D eigenvalue weighted by Crippen LogP contribution is -2.10. The molecular weight excluding hydrogens is 320 g/mol. The molecule has 0 saturated heterocycles. The van der Waals surface area contributed by atoms with Gasteiger partial charge in [-0.3, -0.25) is 4.40 Å². The van der Waals surface area contributed by atoms with Gasteiger partial charge in [-0.1, -0.05) is 45.0 Å². The number of aliphatic carboxylic acids is 1. The minimum Gasteiger partial charge on any atom is -0.478 e. The highest BCUT2D eigenvalue weighted by atomic mass is 32.1. The maximum absolute atomic E-state index is 10.9. The molecule has 0 bridgehead atoms. The monoisotopic (exact) mass is 340 g/mol. The summed E-state index contributed by atoms with van der Waals surface area (Å²) in [5.41, 5.74) is 4.99. The summed E-state index contributed by atoms with van der Waals surface area (Å²) < 4.78 is 2.00. The number of thiazole rings is 1. The Balaban J connectivity index is 2.15. The fraction of sp³-hybridized carbons (Fsp3) is 0.263. The van der Waals surface area contributed by atoms with Gasteiger partial charge in [0.25, 0.3) is 0 Å². The Labute approximate surface area is 145 Å². The van der Waals surface area contributed by atoms with Gasteiger partial charge < -0.3 is 5.11 Å².